The van der Waals surface area contributed by atoms with E-state index in [4.69, 9.17) is 11.6 Å². The van der Waals surface area contributed by atoms with Crippen molar-refractivity contribution in [3.63, 3.8) is 0 Å². The number of hydrogen-bond acceptors (Lipinski definition) is 3. The van der Waals surface area contributed by atoms with E-state index in [1.54, 1.807) is 0 Å². The number of nitrogens with one attached hydrogen (secondary N) is 2. The summed E-state index contributed by atoms with van der Waals surface area (Å²) in [5.74, 6) is -0.583. The molecule has 0 saturated carbocycles. The molecule has 2 rings (SSSR count). The van der Waals surface area contributed by atoms with Gasteiger partial charge in [-0.1, -0.05) is 11.6 Å². The molecule has 1 aromatic carbocycles. The lowest BCUT2D eigenvalue weighted by molar-refractivity contribution is 0.375. The fourth-order valence-corrected chi connectivity index (χ4v) is 3.43. The van der Waals surface area contributed by atoms with E-state index < -0.39 is 15.8 Å². The van der Waals surface area contributed by atoms with Crippen LogP contribution in [0.25, 0.3) is 0 Å². The van der Waals surface area contributed by atoms with Crippen molar-refractivity contribution in [2.45, 2.75) is 17.7 Å². The van der Waals surface area contributed by atoms with Gasteiger partial charge >= 0.3 is 0 Å². The Morgan fingerprint density at radius 3 is 2.89 bits per heavy atom. The highest BCUT2D eigenvalue weighted by Crippen LogP contribution is 2.19. The summed E-state index contributed by atoms with van der Waals surface area (Å²) in [5, 5.41) is 3.38. The largest absolute Gasteiger partial charge is 0.316 e. The monoisotopic (exact) mass is 306 g/mol. The lowest BCUT2D eigenvalue weighted by Crippen LogP contribution is -2.38. The SMILES string of the molecule is O=S(=O)(NC[C@H]1CCCNC1)c1ccc(Cl)cc1F. The van der Waals surface area contributed by atoms with Gasteiger partial charge in [0.2, 0.25) is 10.0 Å². The molecule has 106 valence electrons. The van der Waals surface area contributed by atoms with Crippen molar-refractivity contribution in [1.29, 1.82) is 0 Å². The standard InChI is InChI=1S/C12H16ClFN2O2S/c13-10-3-4-12(11(14)6-10)19(17,18)16-8-9-2-1-5-15-7-9/h3-4,6,9,15-16H,1-2,5,7-8H2/t9-/m0/s1. The molecule has 7 heteroatoms. The first-order valence-corrected chi connectivity index (χ1v) is 8.00. The second kappa shape index (κ2) is 6.17. The van der Waals surface area contributed by atoms with Gasteiger partial charge in [-0.3, -0.25) is 0 Å². The topological polar surface area (TPSA) is 58.2 Å². The molecule has 1 aliphatic heterocycles. The van der Waals surface area contributed by atoms with Gasteiger partial charge < -0.3 is 5.32 Å². The van der Waals surface area contributed by atoms with Crippen LogP contribution in [0.5, 0.6) is 0 Å². The molecule has 1 aromatic rings. The van der Waals surface area contributed by atoms with Crippen LogP contribution in [-0.2, 0) is 10.0 Å². The average Bonchev–Trinajstić information content (AvgIpc) is 2.37. The van der Waals surface area contributed by atoms with Crippen LogP contribution in [0, 0.1) is 11.7 Å². The molecular weight excluding hydrogens is 291 g/mol. The number of rotatable bonds is 4. The van der Waals surface area contributed by atoms with E-state index in [-0.39, 0.29) is 15.8 Å². The van der Waals surface area contributed by atoms with Gasteiger partial charge in [0.15, 0.2) is 0 Å². The Hall–Kier alpha value is -0.690. The van der Waals surface area contributed by atoms with Crippen LogP contribution < -0.4 is 10.0 Å². The molecule has 1 heterocycles. The van der Waals surface area contributed by atoms with Gasteiger partial charge in [-0.05, 0) is 50.0 Å². The Bertz CT molecular complexity index is 545. The van der Waals surface area contributed by atoms with Gasteiger partial charge in [0, 0.05) is 11.6 Å². The van der Waals surface area contributed by atoms with Crippen molar-refractivity contribution in [3.05, 3.63) is 29.0 Å². The number of halogens is 2. The van der Waals surface area contributed by atoms with E-state index >= 15 is 0 Å². The first-order chi connectivity index (χ1) is 8.99. The van der Waals surface area contributed by atoms with Crippen molar-refractivity contribution < 1.29 is 12.8 Å². The zero-order valence-electron chi connectivity index (χ0n) is 10.3. The molecule has 0 aromatic heterocycles. The normalized spacial score (nSPS) is 20.4. The molecule has 1 fully saturated rings. The number of piperidine rings is 1. The summed E-state index contributed by atoms with van der Waals surface area (Å²) < 4.78 is 40.0. The minimum Gasteiger partial charge on any atom is -0.316 e. The smallest absolute Gasteiger partial charge is 0.243 e. The predicted octanol–water partition coefficient (Wildman–Crippen LogP) is 1.76. The molecule has 0 unspecified atom stereocenters. The van der Waals surface area contributed by atoms with Gasteiger partial charge in [-0.2, -0.15) is 0 Å². The lowest BCUT2D eigenvalue weighted by Gasteiger charge is -2.22. The van der Waals surface area contributed by atoms with Crippen LogP contribution in [0.4, 0.5) is 4.39 Å². The molecule has 0 spiro atoms. The van der Waals surface area contributed by atoms with Gasteiger partial charge in [-0.15, -0.1) is 0 Å². The van der Waals surface area contributed by atoms with Gasteiger partial charge in [0.1, 0.15) is 10.7 Å². The van der Waals surface area contributed by atoms with E-state index in [0.717, 1.165) is 32.0 Å². The van der Waals surface area contributed by atoms with Crippen LogP contribution in [-0.4, -0.2) is 28.1 Å². The molecule has 0 radical (unpaired) electrons. The molecule has 0 bridgehead atoms. The second-order valence-corrected chi connectivity index (χ2v) is 6.81. The van der Waals surface area contributed by atoms with E-state index in [9.17, 15) is 12.8 Å². The highest BCUT2D eigenvalue weighted by atomic mass is 35.5. The maximum atomic E-state index is 13.6. The summed E-state index contributed by atoms with van der Waals surface area (Å²) in [6.07, 6.45) is 2.00. The average molecular weight is 307 g/mol. The molecule has 0 amide bonds. The molecule has 19 heavy (non-hydrogen) atoms. The molecular formula is C12H16ClFN2O2S. The Kier molecular flexibility index (Phi) is 4.78. The van der Waals surface area contributed by atoms with E-state index in [1.165, 1.54) is 12.1 Å². The van der Waals surface area contributed by atoms with Crippen molar-refractivity contribution in [2.24, 2.45) is 5.92 Å². The van der Waals surface area contributed by atoms with Crippen LogP contribution in [0.1, 0.15) is 12.8 Å². The highest BCUT2D eigenvalue weighted by molar-refractivity contribution is 7.89. The molecule has 2 N–H and O–H groups in total. The van der Waals surface area contributed by atoms with Gasteiger partial charge in [0.25, 0.3) is 0 Å². The predicted molar refractivity (Wildman–Crippen MR) is 72.2 cm³/mol. The Morgan fingerprint density at radius 1 is 1.47 bits per heavy atom. The molecule has 1 saturated heterocycles. The number of hydrogen-bond donors (Lipinski definition) is 2. The zero-order chi connectivity index (χ0) is 13.9. The van der Waals surface area contributed by atoms with Crippen LogP contribution in [0.3, 0.4) is 0 Å². The van der Waals surface area contributed by atoms with E-state index in [2.05, 4.69) is 10.0 Å². The van der Waals surface area contributed by atoms with Crippen molar-refractivity contribution >= 4 is 21.6 Å². The highest BCUT2D eigenvalue weighted by Gasteiger charge is 2.21. The summed E-state index contributed by atoms with van der Waals surface area (Å²) in [6, 6.07) is 3.54. The fraction of sp³-hybridized carbons (Fsp3) is 0.500. The quantitative estimate of drug-likeness (QED) is 0.891. The van der Waals surface area contributed by atoms with Crippen molar-refractivity contribution in [1.82, 2.24) is 10.0 Å². The summed E-state index contributed by atoms with van der Waals surface area (Å²) >= 11 is 5.60. The van der Waals surface area contributed by atoms with E-state index in [1.807, 2.05) is 0 Å². The van der Waals surface area contributed by atoms with Crippen molar-refractivity contribution in [3.8, 4) is 0 Å². The number of sulfonamides is 1. The number of benzene rings is 1. The maximum absolute atomic E-state index is 13.6. The summed E-state index contributed by atoms with van der Waals surface area (Å²) in [6.45, 7) is 2.07. The lowest BCUT2D eigenvalue weighted by atomic mass is 10.0. The fourth-order valence-electron chi connectivity index (χ4n) is 2.10. The third kappa shape index (κ3) is 3.89. The Morgan fingerprint density at radius 2 is 2.26 bits per heavy atom. The molecule has 4 nitrogen and oxygen atoms in total. The zero-order valence-corrected chi connectivity index (χ0v) is 11.9. The van der Waals surface area contributed by atoms with Crippen LogP contribution >= 0.6 is 11.6 Å². The van der Waals surface area contributed by atoms with E-state index in [0.29, 0.717) is 6.54 Å². The van der Waals surface area contributed by atoms with Crippen molar-refractivity contribution in [2.75, 3.05) is 19.6 Å². The minimum absolute atomic E-state index is 0.174. The van der Waals surface area contributed by atoms with Gasteiger partial charge in [0.05, 0.1) is 0 Å². The third-order valence-electron chi connectivity index (χ3n) is 3.14. The Labute approximate surface area is 117 Å². The third-order valence-corrected chi connectivity index (χ3v) is 4.84. The molecule has 0 aliphatic carbocycles. The first kappa shape index (κ1) is 14.7. The van der Waals surface area contributed by atoms with Gasteiger partial charge in [-0.25, -0.2) is 17.5 Å². The summed E-state index contributed by atoms with van der Waals surface area (Å²) in [7, 11) is -3.82. The molecule has 1 atom stereocenters. The summed E-state index contributed by atoms with van der Waals surface area (Å²) in [4.78, 5) is -0.360. The van der Waals surface area contributed by atoms with Crippen LogP contribution in [0.2, 0.25) is 5.02 Å². The Balaban J connectivity index is 2.05. The first-order valence-electron chi connectivity index (χ1n) is 6.14. The maximum Gasteiger partial charge on any atom is 0.243 e. The second-order valence-electron chi connectivity index (χ2n) is 4.64. The van der Waals surface area contributed by atoms with Crippen LogP contribution in [0.15, 0.2) is 23.1 Å². The molecule has 1 aliphatic rings. The minimum atomic E-state index is -3.82. The summed E-state index contributed by atoms with van der Waals surface area (Å²) in [5.41, 5.74) is 0.